The zero-order chi connectivity index (χ0) is 19.4. The van der Waals surface area contributed by atoms with Gasteiger partial charge in [-0.25, -0.2) is 8.42 Å². The Kier molecular flexibility index (Phi) is 5.54. The quantitative estimate of drug-likeness (QED) is 0.651. The van der Waals surface area contributed by atoms with Crippen LogP contribution in [0.2, 0.25) is 0 Å². The largest absolute Gasteiger partial charge is 0.280 e. The van der Waals surface area contributed by atoms with Crippen LogP contribution in [0.5, 0.6) is 0 Å². The van der Waals surface area contributed by atoms with E-state index in [1.54, 1.807) is 36.0 Å². The SMILES string of the molecule is Cc1ccc(Sc2ccc(NS(=O)(=O)c3cccc(C#N)c3)cc2)c(C)c1. The van der Waals surface area contributed by atoms with Crippen LogP contribution in [0.1, 0.15) is 16.7 Å². The van der Waals surface area contributed by atoms with E-state index in [2.05, 4.69) is 36.8 Å². The third kappa shape index (κ3) is 4.70. The van der Waals surface area contributed by atoms with E-state index in [-0.39, 0.29) is 4.90 Å². The second kappa shape index (κ2) is 7.87. The van der Waals surface area contributed by atoms with Crippen LogP contribution >= 0.6 is 11.8 Å². The Morgan fingerprint density at radius 3 is 2.37 bits per heavy atom. The van der Waals surface area contributed by atoms with Crippen LogP contribution in [0, 0.1) is 25.2 Å². The molecule has 3 aromatic carbocycles. The van der Waals surface area contributed by atoms with Crippen molar-refractivity contribution in [3.63, 3.8) is 0 Å². The predicted octanol–water partition coefficient (Wildman–Crippen LogP) is 5.13. The van der Waals surface area contributed by atoms with E-state index >= 15 is 0 Å². The average Bonchev–Trinajstić information content (AvgIpc) is 2.65. The first-order chi connectivity index (χ1) is 12.9. The Labute approximate surface area is 163 Å². The number of nitrogens with one attached hydrogen (secondary N) is 1. The van der Waals surface area contributed by atoms with Gasteiger partial charge in [-0.05, 0) is 67.9 Å². The Bertz CT molecular complexity index is 1120. The van der Waals surface area contributed by atoms with Crippen molar-refractivity contribution >= 4 is 27.5 Å². The van der Waals surface area contributed by atoms with Gasteiger partial charge in [-0.3, -0.25) is 4.72 Å². The lowest BCUT2D eigenvalue weighted by molar-refractivity contribution is 0.601. The van der Waals surface area contributed by atoms with E-state index in [4.69, 9.17) is 5.26 Å². The molecule has 0 heterocycles. The molecular formula is C21H18N2O2S2. The molecule has 1 N–H and O–H groups in total. The van der Waals surface area contributed by atoms with Crippen LogP contribution in [0.25, 0.3) is 0 Å². The van der Waals surface area contributed by atoms with Crippen molar-refractivity contribution in [1.29, 1.82) is 5.26 Å². The van der Waals surface area contributed by atoms with E-state index in [0.717, 1.165) is 4.90 Å². The average molecular weight is 395 g/mol. The highest BCUT2D eigenvalue weighted by molar-refractivity contribution is 7.99. The molecule has 0 atom stereocenters. The van der Waals surface area contributed by atoms with E-state index < -0.39 is 10.0 Å². The molecule has 0 bridgehead atoms. The summed E-state index contributed by atoms with van der Waals surface area (Å²) in [5, 5.41) is 8.94. The fourth-order valence-corrected chi connectivity index (χ4v) is 4.56. The smallest absolute Gasteiger partial charge is 0.261 e. The zero-order valence-electron chi connectivity index (χ0n) is 14.9. The predicted molar refractivity (Wildman–Crippen MR) is 108 cm³/mol. The molecular weight excluding hydrogens is 376 g/mol. The third-order valence-electron chi connectivity index (χ3n) is 3.94. The molecule has 0 saturated heterocycles. The lowest BCUT2D eigenvalue weighted by Gasteiger charge is -2.10. The summed E-state index contributed by atoms with van der Waals surface area (Å²) in [5.74, 6) is 0. The monoisotopic (exact) mass is 394 g/mol. The number of hydrogen-bond donors (Lipinski definition) is 1. The van der Waals surface area contributed by atoms with E-state index in [9.17, 15) is 8.42 Å². The molecule has 27 heavy (non-hydrogen) atoms. The maximum atomic E-state index is 12.5. The van der Waals surface area contributed by atoms with Crippen LogP contribution in [0.15, 0.2) is 81.4 Å². The molecule has 0 spiro atoms. The molecule has 6 heteroatoms. The minimum absolute atomic E-state index is 0.0651. The highest BCUT2D eigenvalue weighted by Crippen LogP contribution is 2.31. The molecule has 0 fully saturated rings. The molecule has 0 aliphatic heterocycles. The number of benzene rings is 3. The Hall–Kier alpha value is -2.75. The van der Waals surface area contributed by atoms with Gasteiger partial charge in [0, 0.05) is 15.5 Å². The van der Waals surface area contributed by atoms with Crippen molar-refractivity contribution in [2.45, 2.75) is 28.5 Å². The molecule has 3 rings (SSSR count). The van der Waals surface area contributed by atoms with Gasteiger partial charge in [0.15, 0.2) is 0 Å². The lowest BCUT2D eigenvalue weighted by atomic mass is 10.2. The fourth-order valence-electron chi connectivity index (χ4n) is 2.58. The number of nitrogens with zero attached hydrogens (tertiary/aromatic N) is 1. The first kappa shape index (κ1) is 19.0. The molecule has 0 aliphatic rings. The summed E-state index contributed by atoms with van der Waals surface area (Å²) in [4.78, 5) is 2.26. The molecule has 4 nitrogen and oxygen atoms in total. The molecule has 0 unspecified atom stereocenters. The van der Waals surface area contributed by atoms with Crippen molar-refractivity contribution in [3.8, 4) is 6.07 Å². The minimum Gasteiger partial charge on any atom is -0.280 e. The van der Waals surface area contributed by atoms with Gasteiger partial charge in [0.25, 0.3) is 10.0 Å². The summed E-state index contributed by atoms with van der Waals surface area (Å²) in [6.07, 6.45) is 0. The summed E-state index contributed by atoms with van der Waals surface area (Å²) in [6, 6.07) is 21.4. The van der Waals surface area contributed by atoms with Gasteiger partial charge >= 0.3 is 0 Å². The van der Waals surface area contributed by atoms with Crippen LogP contribution in [0.4, 0.5) is 5.69 Å². The van der Waals surface area contributed by atoms with Crippen molar-refractivity contribution in [2.24, 2.45) is 0 Å². The number of nitriles is 1. The highest BCUT2D eigenvalue weighted by atomic mass is 32.2. The highest BCUT2D eigenvalue weighted by Gasteiger charge is 2.14. The van der Waals surface area contributed by atoms with Crippen LogP contribution < -0.4 is 4.72 Å². The van der Waals surface area contributed by atoms with Crippen molar-refractivity contribution in [3.05, 3.63) is 83.4 Å². The van der Waals surface area contributed by atoms with E-state index in [1.807, 2.05) is 18.2 Å². The maximum Gasteiger partial charge on any atom is 0.261 e. The van der Waals surface area contributed by atoms with Gasteiger partial charge in [-0.1, -0.05) is 35.5 Å². The second-order valence-electron chi connectivity index (χ2n) is 6.14. The van der Waals surface area contributed by atoms with E-state index in [1.165, 1.54) is 28.2 Å². The van der Waals surface area contributed by atoms with Crippen molar-refractivity contribution in [1.82, 2.24) is 0 Å². The summed E-state index contributed by atoms with van der Waals surface area (Å²) in [7, 11) is -3.74. The summed E-state index contributed by atoms with van der Waals surface area (Å²) in [5.41, 5.74) is 3.21. The van der Waals surface area contributed by atoms with E-state index in [0.29, 0.717) is 11.3 Å². The fraction of sp³-hybridized carbons (Fsp3) is 0.0952. The molecule has 0 saturated carbocycles. The summed E-state index contributed by atoms with van der Waals surface area (Å²) < 4.78 is 27.5. The molecule has 136 valence electrons. The Morgan fingerprint density at radius 1 is 0.963 bits per heavy atom. The van der Waals surface area contributed by atoms with Gasteiger partial charge < -0.3 is 0 Å². The normalized spacial score (nSPS) is 11.0. The number of anilines is 1. The van der Waals surface area contributed by atoms with Gasteiger partial charge in [-0.15, -0.1) is 0 Å². The summed E-state index contributed by atoms with van der Waals surface area (Å²) in [6.45, 7) is 4.14. The first-order valence-electron chi connectivity index (χ1n) is 8.25. The standard InChI is InChI=1S/C21H18N2O2S2/c1-15-6-11-21(16(2)12-15)26-19-9-7-18(8-10-19)23-27(24,25)20-5-3-4-17(13-20)14-22/h3-13,23H,1-2H3. The number of aryl methyl sites for hydroxylation is 2. The number of hydrogen-bond acceptors (Lipinski definition) is 4. The van der Waals surface area contributed by atoms with Crippen molar-refractivity contribution in [2.75, 3.05) is 4.72 Å². The van der Waals surface area contributed by atoms with Gasteiger partial charge in [0.1, 0.15) is 0 Å². The van der Waals surface area contributed by atoms with Gasteiger partial charge in [0.2, 0.25) is 0 Å². The molecule has 0 amide bonds. The second-order valence-corrected chi connectivity index (χ2v) is 8.94. The van der Waals surface area contributed by atoms with Crippen LogP contribution in [0.3, 0.4) is 0 Å². The summed E-state index contributed by atoms with van der Waals surface area (Å²) >= 11 is 1.64. The van der Waals surface area contributed by atoms with Crippen LogP contribution in [-0.4, -0.2) is 8.42 Å². The Morgan fingerprint density at radius 2 is 1.70 bits per heavy atom. The Balaban J connectivity index is 1.76. The first-order valence-corrected chi connectivity index (χ1v) is 10.6. The maximum absolute atomic E-state index is 12.5. The molecule has 0 aliphatic carbocycles. The molecule has 0 aromatic heterocycles. The minimum atomic E-state index is -3.74. The van der Waals surface area contributed by atoms with Gasteiger partial charge in [-0.2, -0.15) is 5.26 Å². The zero-order valence-corrected chi connectivity index (χ0v) is 16.6. The van der Waals surface area contributed by atoms with Crippen LogP contribution in [-0.2, 0) is 10.0 Å². The molecule has 3 aromatic rings. The van der Waals surface area contributed by atoms with Gasteiger partial charge in [0.05, 0.1) is 16.5 Å². The third-order valence-corrected chi connectivity index (χ3v) is 6.50. The molecule has 0 radical (unpaired) electrons. The lowest BCUT2D eigenvalue weighted by Crippen LogP contribution is -2.12. The number of sulfonamides is 1. The van der Waals surface area contributed by atoms with Crippen molar-refractivity contribution < 1.29 is 8.42 Å². The topological polar surface area (TPSA) is 70.0 Å². The number of rotatable bonds is 5.